The number of methoxy groups -OCH3 is 2. The lowest BCUT2D eigenvalue weighted by Crippen LogP contribution is -2.54. The summed E-state index contributed by atoms with van der Waals surface area (Å²) in [5.41, 5.74) is 3.51. The Kier molecular flexibility index (Phi) is 20.7. The fraction of sp³-hybridized carbons (Fsp3) is 0.509. The quantitative estimate of drug-likeness (QED) is 0.0392. The number of fused-ring (bicyclic) bond motifs is 2. The summed E-state index contributed by atoms with van der Waals surface area (Å²) < 4.78 is 34.5. The van der Waals surface area contributed by atoms with Crippen molar-refractivity contribution in [2.24, 2.45) is 0 Å². The molecule has 0 radical (unpaired) electrons. The first kappa shape index (κ1) is 54.2. The van der Waals surface area contributed by atoms with Crippen molar-refractivity contribution in [3.05, 3.63) is 81.0 Å². The largest absolute Gasteiger partial charge is 0.495 e. The Bertz CT molecular complexity index is 2570. The average molecular weight is 1030 g/mol. The molecule has 3 aliphatic heterocycles. The Labute approximate surface area is 431 Å². The molecule has 3 aliphatic rings. The van der Waals surface area contributed by atoms with E-state index in [1.54, 1.807) is 31.4 Å². The van der Waals surface area contributed by atoms with Gasteiger partial charge in [0.15, 0.2) is 11.5 Å². The van der Waals surface area contributed by atoms with Crippen LogP contribution in [0.5, 0.6) is 17.2 Å². The molecule has 1 aromatic heterocycles. The molecule has 7 rings (SSSR count). The minimum Gasteiger partial charge on any atom is -0.495 e. The first-order valence-corrected chi connectivity index (χ1v) is 25.7. The van der Waals surface area contributed by atoms with E-state index < -0.39 is 29.7 Å². The van der Waals surface area contributed by atoms with E-state index in [1.165, 1.54) is 26.1 Å². The average Bonchev–Trinajstić information content (AvgIpc) is 3.64. The Morgan fingerprint density at radius 3 is 2.08 bits per heavy atom. The van der Waals surface area contributed by atoms with Gasteiger partial charge in [-0.15, -0.1) is 0 Å². The van der Waals surface area contributed by atoms with Gasteiger partial charge < -0.3 is 43.5 Å². The van der Waals surface area contributed by atoms with E-state index in [0.29, 0.717) is 112 Å². The smallest absolute Gasteiger partial charge is 0.262 e. The highest BCUT2D eigenvalue weighted by atomic mass is 35.5. The van der Waals surface area contributed by atoms with E-state index in [9.17, 15) is 24.4 Å². The number of unbranched alkanes of at least 4 members (excludes halogenated alkanes) is 5. The van der Waals surface area contributed by atoms with Crippen molar-refractivity contribution in [1.29, 1.82) is 5.26 Å². The summed E-state index contributed by atoms with van der Waals surface area (Å²) in [4.78, 5) is 61.0. The third-order valence-corrected chi connectivity index (χ3v) is 13.8. The lowest BCUT2D eigenvalue weighted by atomic mass is 9.98. The van der Waals surface area contributed by atoms with Gasteiger partial charge in [0.1, 0.15) is 17.9 Å². The number of ether oxygens (including phenoxy) is 6. The number of nitriles is 1. The maximum Gasteiger partial charge on any atom is 0.262 e. The molecule has 1 atom stereocenters. The zero-order valence-corrected chi connectivity index (χ0v) is 42.8. The number of piperazine rings is 1. The first-order chi connectivity index (χ1) is 35.1. The van der Waals surface area contributed by atoms with Gasteiger partial charge in [-0.2, -0.15) is 5.26 Å². The van der Waals surface area contributed by atoms with E-state index in [1.807, 2.05) is 18.2 Å². The molecule has 17 nitrogen and oxygen atoms in total. The molecule has 0 bridgehead atoms. The van der Waals surface area contributed by atoms with Gasteiger partial charge in [-0.25, -0.2) is 0 Å². The minimum atomic E-state index is -0.966. The molecule has 4 aromatic rings. The van der Waals surface area contributed by atoms with Crippen LogP contribution in [0.2, 0.25) is 10.0 Å². The molecule has 2 fully saturated rings. The van der Waals surface area contributed by atoms with Gasteiger partial charge in [0.25, 0.3) is 11.8 Å². The third kappa shape index (κ3) is 14.3. The molecule has 4 heterocycles. The van der Waals surface area contributed by atoms with Gasteiger partial charge in [0.2, 0.25) is 11.8 Å². The summed E-state index contributed by atoms with van der Waals surface area (Å²) in [6, 6.07) is 13.4. The fourth-order valence-electron chi connectivity index (χ4n) is 9.24. The number of carbonyl (C=O) groups excluding carboxylic acids is 4. The normalized spacial score (nSPS) is 16.3. The highest BCUT2D eigenvalue weighted by Gasteiger charge is 2.45. The van der Waals surface area contributed by atoms with Crippen LogP contribution in [0.25, 0.3) is 10.9 Å². The van der Waals surface area contributed by atoms with Crippen LogP contribution in [0.3, 0.4) is 0 Å². The van der Waals surface area contributed by atoms with E-state index >= 15 is 0 Å². The number of benzene rings is 3. The van der Waals surface area contributed by atoms with Gasteiger partial charge in [0.05, 0.1) is 90.9 Å². The number of hydrogen-bond donors (Lipinski definition) is 2. The lowest BCUT2D eigenvalue weighted by molar-refractivity contribution is -0.136. The van der Waals surface area contributed by atoms with E-state index in [4.69, 9.17) is 51.6 Å². The molecule has 2 N–H and O–H groups in total. The molecule has 0 aliphatic carbocycles. The molecule has 1 unspecified atom stereocenters. The molecular weight excluding hydrogens is 966 g/mol. The number of carbonyl (C=O) groups is 4. The fourth-order valence-corrected chi connectivity index (χ4v) is 9.75. The van der Waals surface area contributed by atoms with E-state index in [-0.39, 0.29) is 12.8 Å². The zero-order chi connectivity index (χ0) is 50.8. The predicted octanol–water partition coefficient (Wildman–Crippen LogP) is 7.98. The van der Waals surface area contributed by atoms with Crippen LogP contribution in [0.4, 0.5) is 11.4 Å². The summed E-state index contributed by atoms with van der Waals surface area (Å²) in [6.45, 7) is 10.3. The topological polar surface area (TPSA) is 194 Å². The Balaban J connectivity index is 0.668. The Hall–Kier alpha value is -5.58. The standard InChI is InChI=1S/C53H65Cl2N7O10/c1-67-45-33-43(40(54)31-41(45)55)58-50-37(34-56)35-57-42-32-47(46(68-2)30-39(42)50)72-25-11-18-61-21-19-60(20-22-61)17-7-3-4-8-23-69-26-28-71-29-27-70-24-9-5-6-12-36-13-10-14-38-49(36)53(66)62(52(38)65)44-15-16-48(63)59-51(44)64/h10,13-14,30-33,35,44H,3-9,11-12,15-29H2,1-2H3,(H,57,58)(H,59,63,64). The number of hydrogen-bond acceptors (Lipinski definition) is 15. The number of halogens is 2. The van der Waals surface area contributed by atoms with Crippen LogP contribution in [0.1, 0.15) is 96.1 Å². The number of imide groups is 2. The molecule has 4 amide bonds. The minimum absolute atomic E-state index is 0.0932. The van der Waals surface area contributed by atoms with Crippen molar-refractivity contribution in [3.63, 3.8) is 0 Å². The highest BCUT2D eigenvalue weighted by molar-refractivity contribution is 6.37. The molecule has 2 saturated heterocycles. The van der Waals surface area contributed by atoms with Crippen LogP contribution >= 0.6 is 23.2 Å². The Morgan fingerprint density at radius 1 is 0.736 bits per heavy atom. The van der Waals surface area contributed by atoms with Crippen molar-refractivity contribution in [1.82, 2.24) is 25.0 Å². The van der Waals surface area contributed by atoms with Gasteiger partial charge in [-0.05, 0) is 75.3 Å². The van der Waals surface area contributed by atoms with Crippen LogP contribution < -0.4 is 24.8 Å². The van der Waals surface area contributed by atoms with Crippen molar-refractivity contribution < 1.29 is 47.6 Å². The summed E-state index contributed by atoms with van der Waals surface area (Å²) in [5, 5.41) is 16.8. The van der Waals surface area contributed by atoms with Gasteiger partial charge in [-0.1, -0.05) is 54.6 Å². The number of piperidine rings is 1. The van der Waals surface area contributed by atoms with Gasteiger partial charge >= 0.3 is 0 Å². The third-order valence-electron chi connectivity index (χ3n) is 13.2. The van der Waals surface area contributed by atoms with E-state index in [0.717, 1.165) is 94.9 Å². The van der Waals surface area contributed by atoms with Gasteiger partial charge in [-0.3, -0.25) is 34.4 Å². The molecule has 0 saturated carbocycles. The summed E-state index contributed by atoms with van der Waals surface area (Å²) >= 11 is 12.7. The zero-order valence-electron chi connectivity index (χ0n) is 41.2. The second-order valence-corrected chi connectivity index (χ2v) is 18.8. The predicted molar refractivity (Wildman–Crippen MR) is 274 cm³/mol. The highest BCUT2D eigenvalue weighted by Crippen LogP contribution is 2.41. The van der Waals surface area contributed by atoms with Gasteiger partial charge in [0, 0.05) is 76.1 Å². The number of nitrogens with one attached hydrogen (secondary N) is 2. The van der Waals surface area contributed by atoms with Crippen LogP contribution in [0.15, 0.2) is 48.7 Å². The van der Waals surface area contributed by atoms with E-state index in [2.05, 4.69) is 31.5 Å². The monoisotopic (exact) mass is 1030 g/mol. The second-order valence-electron chi connectivity index (χ2n) is 18.0. The number of aromatic nitrogens is 1. The molecule has 0 spiro atoms. The summed E-state index contributed by atoms with van der Waals surface area (Å²) in [6.07, 6.45) is 10.4. The number of pyridine rings is 1. The number of nitrogens with zero attached hydrogens (tertiary/aromatic N) is 5. The molecule has 3 aromatic carbocycles. The number of anilines is 2. The van der Waals surface area contributed by atoms with Crippen molar-refractivity contribution in [3.8, 4) is 23.3 Å². The Morgan fingerprint density at radius 2 is 1.40 bits per heavy atom. The van der Waals surface area contributed by atoms with Crippen LogP contribution in [-0.2, 0) is 30.2 Å². The van der Waals surface area contributed by atoms with Crippen molar-refractivity contribution in [2.75, 3.05) is 105 Å². The SMILES string of the molecule is COc1cc(Nc2c(C#N)cnc3cc(OCCCN4CCN(CCCCCCOCCOCCOCCCCCc5cccc6c5C(=O)N(C5CCC(=O)NC5=O)C6=O)CC4)c(OC)cc23)c(Cl)cc1Cl. The lowest BCUT2D eigenvalue weighted by Gasteiger charge is -2.34. The second kappa shape index (κ2) is 27.5. The molecule has 386 valence electrons. The van der Waals surface area contributed by atoms with Crippen molar-refractivity contribution >= 4 is 69.1 Å². The maximum absolute atomic E-state index is 13.3. The first-order valence-electron chi connectivity index (χ1n) is 24.9. The molecule has 19 heteroatoms. The number of amides is 4. The van der Waals surface area contributed by atoms with Crippen molar-refractivity contribution in [2.45, 2.75) is 76.7 Å². The number of aryl methyl sites for hydroxylation is 1. The van der Waals surface area contributed by atoms with Crippen LogP contribution in [0, 0.1) is 11.3 Å². The van der Waals surface area contributed by atoms with Crippen LogP contribution in [-0.4, -0.2) is 149 Å². The number of rotatable bonds is 29. The molecular formula is C53H65Cl2N7O10. The molecule has 72 heavy (non-hydrogen) atoms. The summed E-state index contributed by atoms with van der Waals surface area (Å²) in [5.74, 6) is -0.375. The summed E-state index contributed by atoms with van der Waals surface area (Å²) in [7, 11) is 3.11. The maximum atomic E-state index is 13.3.